The van der Waals surface area contributed by atoms with Gasteiger partial charge in [0, 0.05) is 31.8 Å². The van der Waals surface area contributed by atoms with Crippen LogP contribution in [0.1, 0.15) is 33.6 Å². The number of nitrogens with one attached hydrogen (secondary N) is 1. The number of piperidine rings is 1. The lowest BCUT2D eigenvalue weighted by atomic mass is 10.1. The monoisotopic (exact) mass is 429 g/mol. The fourth-order valence-corrected chi connectivity index (χ4v) is 3.78. The van der Waals surface area contributed by atoms with Crippen LogP contribution in [0.3, 0.4) is 0 Å². The zero-order valence-electron chi connectivity index (χ0n) is 16.8. The maximum absolute atomic E-state index is 12.2. The minimum Gasteiger partial charge on any atom is -0.444 e. The van der Waals surface area contributed by atoms with Crippen molar-refractivity contribution in [2.24, 2.45) is 0 Å². The molecule has 1 aliphatic rings. The molecule has 1 aliphatic heterocycles. The zero-order valence-corrected chi connectivity index (χ0v) is 17.6. The van der Waals surface area contributed by atoms with E-state index in [9.17, 15) is 23.3 Å². The number of non-ortho nitro benzene ring substituents is 1. The number of likely N-dealkylation sites (tertiary alicyclic amines) is 1. The minimum atomic E-state index is -3.77. The first-order valence-corrected chi connectivity index (χ1v) is 10.8. The molecule has 1 fully saturated rings. The average molecular weight is 429 g/mol. The number of rotatable bonds is 7. The Labute approximate surface area is 170 Å². The van der Waals surface area contributed by atoms with Crippen LogP contribution in [-0.4, -0.2) is 62.3 Å². The second-order valence-corrected chi connectivity index (χ2v) is 9.45. The summed E-state index contributed by atoms with van der Waals surface area (Å²) in [6.45, 7) is 6.76. The standard InChI is InChI=1S/C18H27N3O7S/c1-18(2,3)28-17(22)20-11-8-15(9-12-20)27-13-10-19-29(25,26)16-6-4-14(5-7-16)21(23)24/h4-7,15,19H,8-13H2,1-3H3. The number of hydrogen-bond donors (Lipinski definition) is 1. The van der Waals surface area contributed by atoms with Crippen LogP contribution >= 0.6 is 0 Å². The lowest BCUT2D eigenvalue weighted by Crippen LogP contribution is -2.43. The van der Waals surface area contributed by atoms with Crippen molar-refractivity contribution in [1.82, 2.24) is 9.62 Å². The zero-order chi connectivity index (χ0) is 21.7. The van der Waals surface area contributed by atoms with Crippen LogP contribution in [-0.2, 0) is 19.5 Å². The number of carbonyl (C=O) groups excluding carboxylic acids is 1. The Bertz CT molecular complexity index is 811. The van der Waals surface area contributed by atoms with E-state index in [2.05, 4.69) is 4.72 Å². The highest BCUT2D eigenvalue weighted by atomic mass is 32.2. The number of nitro groups is 1. The molecule has 1 heterocycles. The summed E-state index contributed by atoms with van der Waals surface area (Å²) in [5, 5.41) is 10.6. The van der Waals surface area contributed by atoms with E-state index < -0.39 is 20.5 Å². The van der Waals surface area contributed by atoms with Crippen molar-refractivity contribution < 1.29 is 27.6 Å². The van der Waals surface area contributed by atoms with Crippen molar-refractivity contribution in [3.8, 4) is 0 Å². The molecule has 1 aromatic carbocycles. The Morgan fingerprint density at radius 1 is 1.24 bits per heavy atom. The lowest BCUT2D eigenvalue weighted by molar-refractivity contribution is -0.384. The second kappa shape index (κ2) is 9.51. The lowest BCUT2D eigenvalue weighted by Gasteiger charge is -2.33. The van der Waals surface area contributed by atoms with Gasteiger partial charge >= 0.3 is 6.09 Å². The Morgan fingerprint density at radius 3 is 2.34 bits per heavy atom. The summed E-state index contributed by atoms with van der Waals surface area (Å²) in [5.74, 6) is 0. The van der Waals surface area contributed by atoms with E-state index in [1.54, 1.807) is 4.90 Å². The van der Waals surface area contributed by atoms with E-state index in [-0.39, 0.29) is 35.9 Å². The van der Waals surface area contributed by atoms with E-state index in [1.807, 2.05) is 20.8 Å². The molecule has 0 spiro atoms. The summed E-state index contributed by atoms with van der Waals surface area (Å²) in [7, 11) is -3.77. The maximum Gasteiger partial charge on any atom is 0.410 e. The molecule has 11 heteroatoms. The molecule has 0 aromatic heterocycles. The molecule has 10 nitrogen and oxygen atoms in total. The number of amides is 1. The number of nitrogens with zero attached hydrogens (tertiary/aromatic N) is 2. The SMILES string of the molecule is CC(C)(C)OC(=O)N1CCC(OCCNS(=O)(=O)c2ccc([N+](=O)[O-])cc2)CC1. The number of hydrogen-bond acceptors (Lipinski definition) is 7. The fraction of sp³-hybridized carbons (Fsp3) is 0.611. The number of sulfonamides is 1. The van der Waals surface area contributed by atoms with Gasteiger partial charge in [-0.1, -0.05) is 0 Å². The van der Waals surface area contributed by atoms with Gasteiger partial charge in [0.05, 0.1) is 22.5 Å². The largest absolute Gasteiger partial charge is 0.444 e. The Hall–Kier alpha value is -2.24. The number of carbonyl (C=O) groups is 1. The summed E-state index contributed by atoms with van der Waals surface area (Å²) in [6.07, 6.45) is 0.896. The van der Waals surface area contributed by atoms with E-state index in [0.717, 1.165) is 12.1 Å². The van der Waals surface area contributed by atoms with Gasteiger partial charge in [0.2, 0.25) is 10.0 Å². The van der Waals surface area contributed by atoms with Crippen molar-refractivity contribution >= 4 is 21.8 Å². The van der Waals surface area contributed by atoms with Gasteiger partial charge in [-0.2, -0.15) is 0 Å². The molecule has 1 saturated heterocycles. The van der Waals surface area contributed by atoms with Crippen LogP contribution in [0.5, 0.6) is 0 Å². The maximum atomic E-state index is 12.2. The molecule has 0 bridgehead atoms. The molecule has 1 amide bonds. The quantitative estimate of drug-likeness (QED) is 0.400. The van der Waals surface area contributed by atoms with Crippen molar-refractivity contribution in [1.29, 1.82) is 0 Å². The topological polar surface area (TPSA) is 128 Å². The van der Waals surface area contributed by atoms with Gasteiger partial charge in [-0.05, 0) is 45.7 Å². The molecule has 0 atom stereocenters. The average Bonchev–Trinajstić information content (AvgIpc) is 2.64. The number of benzene rings is 1. The molecule has 0 radical (unpaired) electrons. The summed E-state index contributed by atoms with van der Waals surface area (Å²) < 4.78 is 37.9. The molecule has 29 heavy (non-hydrogen) atoms. The van der Waals surface area contributed by atoms with Gasteiger partial charge in [-0.25, -0.2) is 17.9 Å². The van der Waals surface area contributed by atoms with Crippen LogP contribution in [0.15, 0.2) is 29.2 Å². The molecular formula is C18H27N3O7S. The second-order valence-electron chi connectivity index (χ2n) is 7.69. The Morgan fingerprint density at radius 2 is 1.83 bits per heavy atom. The first-order chi connectivity index (χ1) is 13.5. The van der Waals surface area contributed by atoms with Crippen molar-refractivity contribution in [3.63, 3.8) is 0 Å². The molecule has 0 aliphatic carbocycles. The molecule has 162 valence electrons. The molecule has 2 rings (SSSR count). The highest BCUT2D eigenvalue weighted by molar-refractivity contribution is 7.89. The van der Waals surface area contributed by atoms with E-state index in [1.165, 1.54) is 12.1 Å². The summed E-state index contributed by atoms with van der Waals surface area (Å²) >= 11 is 0. The summed E-state index contributed by atoms with van der Waals surface area (Å²) in [6, 6.07) is 4.66. The van der Waals surface area contributed by atoms with Crippen LogP contribution in [0.2, 0.25) is 0 Å². The predicted octanol–water partition coefficient (Wildman–Crippen LogP) is 2.29. The molecular weight excluding hydrogens is 402 g/mol. The first kappa shape index (κ1) is 23.0. The van der Waals surface area contributed by atoms with Gasteiger partial charge in [0.1, 0.15) is 5.60 Å². The number of ether oxygens (including phenoxy) is 2. The minimum absolute atomic E-state index is 0.0474. The molecule has 0 saturated carbocycles. The summed E-state index contributed by atoms with van der Waals surface area (Å²) in [4.78, 5) is 23.7. The van der Waals surface area contributed by atoms with E-state index >= 15 is 0 Å². The van der Waals surface area contributed by atoms with Crippen molar-refractivity contribution in [3.05, 3.63) is 34.4 Å². The van der Waals surface area contributed by atoms with Gasteiger partial charge in [-0.3, -0.25) is 10.1 Å². The summed E-state index contributed by atoms with van der Waals surface area (Å²) in [5.41, 5.74) is -0.712. The van der Waals surface area contributed by atoms with E-state index in [4.69, 9.17) is 9.47 Å². The normalized spacial score (nSPS) is 15.9. The van der Waals surface area contributed by atoms with Gasteiger partial charge in [-0.15, -0.1) is 0 Å². The highest BCUT2D eigenvalue weighted by Crippen LogP contribution is 2.18. The predicted molar refractivity (Wildman–Crippen MR) is 105 cm³/mol. The first-order valence-electron chi connectivity index (χ1n) is 9.31. The molecule has 1 N–H and O–H groups in total. The van der Waals surface area contributed by atoms with Gasteiger partial charge in [0.15, 0.2) is 0 Å². The van der Waals surface area contributed by atoms with Crippen LogP contribution in [0, 0.1) is 10.1 Å². The Balaban J connectivity index is 1.71. The van der Waals surface area contributed by atoms with Crippen molar-refractivity contribution in [2.45, 2.75) is 50.2 Å². The number of nitro benzene ring substituents is 1. The van der Waals surface area contributed by atoms with Crippen LogP contribution in [0.25, 0.3) is 0 Å². The highest BCUT2D eigenvalue weighted by Gasteiger charge is 2.27. The molecule has 1 aromatic rings. The third kappa shape index (κ3) is 7.26. The molecule has 0 unspecified atom stereocenters. The van der Waals surface area contributed by atoms with E-state index in [0.29, 0.717) is 25.9 Å². The van der Waals surface area contributed by atoms with Crippen molar-refractivity contribution in [2.75, 3.05) is 26.2 Å². The Kier molecular flexibility index (Phi) is 7.55. The van der Waals surface area contributed by atoms with Crippen LogP contribution in [0.4, 0.5) is 10.5 Å². The fourth-order valence-electron chi connectivity index (χ4n) is 2.76. The third-order valence-electron chi connectivity index (χ3n) is 4.20. The van der Waals surface area contributed by atoms with Gasteiger partial charge < -0.3 is 14.4 Å². The van der Waals surface area contributed by atoms with Gasteiger partial charge in [0.25, 0.3) is 5.69 Å². The van der Waals surface area contributed by atoms with Crippen LogP contribution < -0.4 is 4.72 Å². The smallest absolute Gasteiger partial charge is 0.410 e. The third-order valence-corrected chi connectivity index (χ3v) is 5.68.